The molecule has 9 heteroatoms. The van der Waals surface area contributed by atoms with E-state index in [4.69, 9.17) is 21.5 Å². The van der Waals surface area contributed by atoms with E-state index < -0.39 is 22.5 Å². The Hall–Kier alpha value is -2.13. The number of carbonyl (C=O) groups is 1. The van der Waals surface area contributed by atoms with Crippen LogP contribution in [0.3, 0.4) is 0 Å². The van der Waals surface area contributed by atoms with Gasteiger partial charge >= 0.3 is 0 Å². The van der Waals surface area contributed by atoms with Gasteiger partial charge in [-0.3, -0.25) is 10.0 Å². The van der Waals surface area contributed by atoms with Gasteiger partial charge in [-0.15, -0.1) is 0 Å². The molecular formula is C16H17ClN2O5S. The van der Waals surface area contributed by atoms with Gasteiger partial charge < -0.3 is 4.74 Å². The van der Waals surface area contributed by atoms with Crippen LogP contribution in [0, 0.1) is 0 Å². The summed E-state index contributed by atoms with van der Waals surface area (Å²) in [5, 5.41) is 9.25. The van der Waals surface area contributed by atoms with E-state index in [0.717, 1.165) is 4.31 Å². The van der Waals surface area contributed by atoms with Crippen LogP contribution in [0.15, 0.2) is 53.4 Å². The average molecular weight is 385 g/mol. The number of sulfonamides is 1. The average Bonchev–Trinajstić information content (AvgIpc) is 2.62. The molecular weight excluding hydrogens is 368 g/mol. The number of nitrogens with one attached hydrogen (secondary N) is 1. The molecule has 0 spiro atoms. The summed E-state index contributed by atoms with van der Waals surface area (Å²) in [6.45, 7) is -0.591. The number of amides is 1. The van der Waals surface area contributed by atoms with Crippen LogP contribution in [0.1, 0.15) is 5.56 Å². The molecule has 134 valence electrons. The number of hydrogen-bond donors (Lipinski definition) is 2. The smallest absolute Gasteiger partial charge is 0.258 e. The molecule has 0 saturated carbocycles. The van der Waals surface area contributed by atoms with Gasteiger partial charge in [0.15, 0.2) is 0 Å². The van der Waals surface area contributed by atoms with Crippen molar-refractivity contribution in [1.82, 2.24) is 9.79 Å². The molecule has 0 aliphatic rings. The van der Waals surface area contributed by atoms with Gasteiger partial charge in [-0.2, -0.15) is 4.31 Å². The highest BCUT2D eigenvalue weighted by Crippen LogP contribution is 2.21. The van der Waals surface area contributed by atoms with Crippen molar-refractivity contribution in [3.05, 3.63) is 59.1 Å². The Morgan fingerprint density at radius 1 is 1.16 bits per heavy atom. The standard InChI is InChI=1S/C16H17ClN2O5S/c1-24-14-6-8-15(9-7-14)25(22,23)19(11-16(20)18-21)10-12-2-4-13(17)5-3-12/h2-9,21H,10-11H2,1H3,(H,18,20). The highest BCUT2D eigenvalue weighted by atomic mass is 35.5. The molecule has 0 aromatic heterocycles. The van der Waals surface area contributed by atoms with Gasteiger partial charge in [-0.05, 0) is 42.0 Å². The molecule has 0 bridgehead atoms. The fraction of sp³-hybridized carbons (Fsp3) is 0.188. The lowest BCUT2D eigenvalue weighted by atomic mass is 10.2. The number of ether oxygens (including phenoxy) is 1. The Labute approximate surface area is 150 Å². The highest BCUT2D eigenvalue weighted by Gasteiger charge is 2.27. The molecule has 2 rings (SSSR count). The Kier molecular flexibility index (Phi) is 6.38. The third-order valence-corrected chi connectivity index (χ3v) is 5.47. The molecule has 0 saturated heterocycles. The lowest BCUT2D eigenvalue weighted by molar-refractivity contribution is -0.129. The van der Waals surface area contributed by atoms with Crippen molar-refractivity contribution in [1.29, 1.82) is 0 Å². The zero-order chi connectivity index (χ0) is 18.4. The molecule has 0 heterocycles. The number of benzene rings is 2. The van der Waals surface area contributed by atoms with Gasteiger partial charge in [0.1, 0.15) is 5.75 Å². The number of rotatable bonds is 7. The molecule has 0 unspecified atom stereocenters. The van der Waals surface area contributed by atoms with Crippen molar-refractivity contribution in [3.8, 4) is 5.75 Å². The molecule has 0 atom stereocenters. The van der Waals surface area contributed by atoms with Crippen LogP contribution < -0.4 is 10.2 Å². The quantitative estimate of drug-likeness (QED) is 0.562. The third-order valence-electron chi connectivity index (χ3n) is 3.41. The number of carbonyl (C=O) groups excluding carboxylic acids is 1. The molecule has 2 aromatic rings. The maximum absolute atomic E-state index is 12.9. The van der Waals surface area contributed by atoms with E-state index in [2.05, 4.69) is 0 Å². The van der Waals surface area contributed by atoms with Crippen molar-refractivity contribution >= 4 is 27.5 Å². The summed E-state index contributed by atoms with van der Waals surface area (Å²) < 4.78 is 31.7. The molecule has 2 aromatic carbocycles. The Morgan fingerprint density at radius 2 is 1.76 bits per heavy atom. The number of methoxy groups -OCH3 is 1. The summed E-state index contributed by atoms with van der Waals surface area (Å²) >= 11 is 5.83. The summed E-state index contributed by atoms with van der Waals surface area (Å²) in [5.74, 6) is -0.331. The van der Waals surface area contributed by atoms with Crippen LogP contribution in [-0.4, -0.2) is 37.5 Å². The second kappa shape index (κ2) is 8.30. The normalized spacial score (nSPS) is 11.4. The number of halogens is 1. The van der Waals surface area contributed by atoms with Crippen LogP contribution in [0.5, 0.6) is 5.75 Å². The zero-order valence-electron chi connectivity index (χ0n) is 13.3. The SMILES string of the molecule is COc1ccc(S(=O)(=O)N(CC(=O)NO)Cc2ccc(Cl)cc2)cc1. The van der Waals surface area contributed by atoms with Crippen molar-refractivity contribution in [3.63, 3.8) is 0 Å². The molecule has 25 heavy (non-hydrogen) atoms. The van der Waals surface area contributed by atoms with Gasteiger partial charge in [0.05, 0.1) is 18.6 Å². The van der Waals surface area contributed by atoms with Gasteiger partial charge in [0.25, 0.3) is 5.91 Å². The van der Waals surface area contributed by atoms with E-state index >= 15 is 0 Å². The van der Waals surface area contributed by atoms with Crippen LogP contribution in [0.2, 0.25) is 5.02 Å². The summed E-state index contributed by atoms with van der Waals surface area (Å²) in [5.41, 5.74) is 2.09. The third kappa shape index (κ3) is 4.93. The fourth-order valence-electron chi connectivity index (χ4n) is 2.11. The molecule has 0 aliphatic carbocycles. The van der Waals surface area contributed by atoms with Gasteiger partial charge in [-0.1, -0.05) is 23.7 Å². The van der Waals surface area contributed by atoms with E-state index in [9.17, 15) is 13.2 Å². The minimum Gasteiger partial charge on any atom is -0.497 e. The Bertz CT molecular complexity index is 823. The van der Waals surface area contributed by atoms with Crippen LogP contribution in [0.4, 0.5) is 0 Å². The highest BCUT2D eigenvalue weighted by molar-refractivity contribution is 7.89. The second-order valence-electron chi connectivity index (χ2n) is 5.11. The predicted molar refractivity (Wildman–Crippen MR) is 92.0 cm³/mol. The van der Waals surface area contributed by atoms with Gasteiger partial charge in [-0.25, -0.2) is 13.9 Å². The lowest BCUT2D eigenvalue weighted by Gasteiger charge is -2.21. The van der Waals surface area contributed by atoms with Crippen LogP contribution in [-0.2, 0) is 21.4 Å². The monoisotopic (exact) mass is 384 g/mol. The van der Waals surface area contributed by atoms with Crippen molar-refractivity contribution in [2.45, 2.75) is 11.4 Å². The Balaban J connectivity index is 2.34. The molecule has 2 N–H and O–H groups in total. The van der Waals surface area contributed by atoms with Gasteiger partial charge in [0, 0.05) is 11.6 Å². The van der Waals surface area contributed by atoms with Crippen LogP contribution in [0.25, 0.3) is 0 Å². The van der Waals surface area contributed by atoms with Crippen LogP contribution >= 0.6 is 11.6 Å². The van der Waals surface area contributed by atoms with Crippen molar-refractivity contribution < 1.29 is 23.2 Å². The second-order valence-corrected chi connectivity index (χ2v) is 7.48. The topological polar surface area (TPSA) is 95.9 Å². The number of nitrogens with zero attached hydrogens (tertiary/aromatic N) is 1. The lowest BCUT2D eigenvalue weighted by Crippen LogP contribution is -2.39. The van der Waals surface area contributed by atoms with E-state index in [1.807, 2.05) is 0 Å². The van der Waals surface area contributed by atoms with E-state index in [1.165, 1.54) is 36.9 Å². The van der Waals surface area contributed by atoms with E-state index in [1.54, 1.807) is 24.3 Å². The fourth-order valence-corrected chi connectivity index (χ4v) is 3.62. The van der Waals surface area contributed by atoms with E-state index in [0.29, 0.717) is 16.3 Å². The minimum atomic E-state index is -3.97. The summed E-state index contributed by atoms with van der Waals surface area (Å²) in [6.07, 6.45) is 0. The summed E-state index contributed by atoms with van der Waals surface area (Å²) in [6, 6.07) is 12.4. The predicted octanol–water partition coefficient (Wildman–Crippen LogP) is 2.04. The molecule has 0 aliphatic heterocycles. The Morgan fingerprint density at radius 3 is 2.28 bits per heavy atom. The first kappa shape index (κ1) is 19.2. The zero-order valence-corrected chi connectivity index (χ0v) is 14.9. The molecule has 0 radical (unpaired) electrons. The first-order valence-corrected chi connectivity index (χ1v) is 9.00. The van der Waals surface area contributed by atoms with Gasteiger partial charge in [0.2, 0.25) is 10.0 Å². The summed E-state index contributed by atoms with van der Waals surface area (Å²) in [7, 11) is -2.49. The molecule has 0 fully saturated rings. The van der Waals surface area contributed by atoms with Crippen molar-refractivity contribution in [2.24, 2.45) is 0 Å². The maximum Gasteiger partial charge on any atom is 0.258 e. The number of hydrogen-bond acceptors (Lipinski definition) is 5. The summed E-state index contributed by atoms with van der Waals surface area (Å²) in [4.78, 5) is 11.5. The molecule has 1 amide bonds. The largest absolute Gasteiger partial charge is 0.497 e. The first-order chi connectivity index (χ1) is 11.9. The van der Waals surface area contributed by atoms with E-state index in [-0.39, 0.29) is 11.4 Å². The van der Waals surface area contributed by atoms with Crippen molar-refractivity contribution in [2.75, 3.05) is 13.7 Å². The minimum absolute atomic E-state index is 0.00741. The number of hydroxylamine groups is 1. The maximum atomic E-state index is 12.9. The first-order valence-electron chi connectivity index (χ1n) is 7.18. The molecule has 7 nitrogen and oxygen atoms in total.